The first-order valence-electron chi connectivity index (χ1n) is 7.26. The van der Waals surface area contributed by atoms with E-state index in [1.165, 1.54) is 5.56 Å². The number of nitrogens with one attached hydrogen (secondary N) is 1. The normalized spacial score (nSPS) is 16.0. The lowest BCUT2D eigenvalue weighted by atomic mass is 9.91. The molecule has 0 saturated carbocycles. The zero-order valence-electron chi connectivity index (χ0n) is 12.2. The standard InChI is InChI=1S/C16H22N2OS/c1-3-15(19)13-8-10-18(11-9-13)16(20)17-14-7-5-4-6-12(14)2/h4-7,13H,3,8-11H2,1-2H3,(H,17,20). The zero-order chi connectivity index (χ0) is 14.5. The summed E-state index contributed by atoms with van der Waals surface area (Å²) in [6.07, 6.45) is 2.49. The first-order chi connectivity index (χ1) is 9.61. The first kappa shape index (κ1) is 15.0. The van der Waals surface area contributed by atoms with Gasteiger partial charge in [-0.1, -0.05) is 25.1 Å². The molecule has 0 radical (unpaired) electrons. The summed E-state index contributed by atoms with van der Waals surface area (Å²) in [6.45, 7) is 5.75. The molecule has 0 bridgehead atoms. The SMILES string of the molecule is CCC(=O)C1CCN(C(=S)Nc2ccccc2C)CC1. The second-order valence-electron chi connectivity index (χ2n) is 5.33. The number of anilines is 1. The molecule has 4 heteroatoms. The predicted molar refractivity (Wildman–Crippen MR) is 87.0 cm³/mol. The van der Waals surface area contributed by atoms with Gasteiger partial charge in [-0.2, -0.15) is 0 Å². The van der Waals surface area contributed by atoms with Crippen molar-refractivity contribution >= 4 is 28.8 Å². The minimum absolute atomic E-state index is 0.234. The van der Waals surface area contributed by atoms with Gasteiger partial charge in [-0.05, 0) is 43.6 Å². The molecule has 1 aliphatic heterocycles. The fourth-order valence-electron chi connectivity index (χ4n) is 2.60. The van der Waals surface area contributed by atoms with E-state index in [0.717, 1.165) is 36.7 Å². The van der Waals surface area contributed by atoms with Crippen molar-refractivity contribution in [2.45, 2.75) is 33.1 Å². The van der Waals surface area contributed by atoms with E-state index in [9.17, 15) is 4.79 Å². The van der Waals surface area contributed by atoms with Gasteiger partial charge in [-0.3, -0.25) is 4.79 Å². The average molecular weight is 290 g/mol. The fraction of sp³-hybridized carbons (Fsp3) is 0.500. The molecule has 0 atom stereocenters. The number of benzene rings is 1. The molecule has 2 rings (SSSR count). The summed E-state index contributed by atoms with van der Waals surface area (Å²) in [6, 6.07) is 8.13. The topological polar surface area (TPSA) is 32.3 Å². The highest BCUT2D eigenvalue weighted by molar-refractivity contribution is 7.80. The van der Waals surface area contributed by atoms with Crippen LogP contribution in [-0.2, 0) is 4.79 Å². The van der Waals surface area contributed by atoms with Crippen molar-refractivity contribution < 1.29 is 4.79 Å². The Bertz CT molecular complexity index is 493. The smallest absolute Gasteiger partial charge is 0.173 e. The molecular formula is C16H22N2OS. The van der Waals surface area contributed by atoms with Gasteiger partial charge in [0.15, 0.2) is 5.11 Å². The Morgan fingerprint density at radius 1 is 1.35 bits per heavy atom. The number of carbonyl (C=O) groups is 1. The van der Waals surface area contributed by atoms with Gasteiger partial charge in [0.2, 0.25) is 0 Å². The van der Waals surface area contributed by atoms with Crippen molar-refractivity contribution in [2.75, 3.05) is 18.4 Å². The molecule has 108 valence electrons. The van der Waals surface area contributed by atoms with Crippen LogP contribution in [-0.4, -0.2) is 28.9 Å². The molecule has 1 saturated heterocycles. The number of nitrogens with zero attached hydrogens (tertiary/aromatic N) is 1. The number of rotatable bonds is 3. The van der Waals surface area contributed by atoms with E-state index < -0.39 is 0 Å². The van der Waals surface area contributed by atoms with E-state index in [-0.39, 0.29) is 5.92 Å². The van der Waals surface area contributed by atoms with Crippen LogP contribution in [0.1, 0.15) is 31.7 Å². The van der Waals surface area contributed by atoms with Crippen molar-refractivity contribution in [2.24, 2.45) is 5.92 Å². The summed E-state index contributed by atoms with van der Waals surface area (Å²) in [4.78, 5) is 13.9. The van der Waals surface area contributed by atoms with Crippen molar-refractivity contribution in [3.63, 3.8) is 0 Å². The van der Waals surface area contributed by atoms with Gasteiger partial charge in [0.25, 0.3) is 0 Å². The van der Waals surface area contributed by atoms with E-state index in [2.05, 4.69) is 23.2 Å². The number of likely N-dealkylation sites (tertiary alicyclic amines) is 1. The maximum absolute atomic E-state index is 11.7. The first-order valence-corrected chi connectivity index (χ1v) is 7.67. The number of ketones is 1. The van der Waals surface area contributed by atoms with Crippen molar-refractivity contribution in [3.8, 4) is 0 Å². The van der Waals surface area contributed by atoms with Crippen LogP contribution in [0, 0.1) is 12.8 Å². The number of aryl methyl sites for hydroxylation is 1. The van der Waals surface area contributed by atoms with Crippen LogP contribution in [0.25, 0.3) is 0 Å². The Kier molecular flexibility index (Phi) is 5.12. The zero-order valence-corrected chi connectivity index (χ0v) is 13.0. The number of piperidine rings is 1. The molecule has 0 aromatic heterocycles. The quantitative estimate of drug-likeness (QED) is 0.865. The Labute approximate surface area is 126 Å². The Balaban J connectivity index is 1.89. The summed E-state index contributed by atoms with van der Waals surface area (Å²) >= 11 is 5.48. The van der Waals surface area contributed by atoms with Crippen molar-refractivity contribution in [1.82, 2.24) is 4.90 Å². The van der Waals surface area contributed by atoms with Gasteiger partial charge in [-0.15, -0.1) is 0 Å². The second kappa shape index (κ2) is 6.84. The number of hydrogen-bond acceptors (Lipinski definition) is 2. The summed E-state index contributed by atoms with van der Waals surface area (Å²) in [5.74, 6) is 0.625. The third-order valence-corrected chi connectivity index (χ3v) is 4.33. The molecule has 1 aromatic carbocycles. The molecule has 1 aromatic rings. The molecule has 1 aliphatic rings. The van der Waals surface area contributed by atoms with Crippen LogP contribution in [0.15, 0.2) is 24.3 Å². The van der Waals surface area contributed by atoms with Crippen molar-refractivity contribution in [3.05, 3.63) is 29.8 Å². The van der Waals surface area contributed by atoms with E-state index >= 15 is 0 Å². The highest BCUT2D eigenvalue weighted by atomic mass is 32.1. The van der Waals surface area contributed by atoms with E-state index in [1.54, 1.807) is 0 Å². The maximum atomic E-state index is 11.7. The van der Waals surface area contributed by atoms with E-state index in [4.69, 9.17) is 12.2 Å². The van der Waals surface area contributed by atoms with Gasteiger partial charge in [0.1, 0.15) is 5.78 Å². The Morgan fingerprint density at radius 3 is 2.60 bits per heavy atom. The second-order valence-corrected chi connectivity index (χ2v) is 5.71. The van der Waals surface area contributed by atoms with E-state index in [1.807, 2.05) is 25.1 Å². The highest BCUT2D eigenvalue weighted by Gasteiger charge is 2.24. The van der Waals surface area contributed by atoms with Gasteiger partial charge in [0, 0.05) is 31.1 Å². The van der Waals surface area contributed by atoms with Gasteiger partial charge in [0.05, 0.1) is 0 Å². The molecule has 0 aliphatic carbocycles. The third-order valence-electron chi connectivity index (χ3n) is 3.97. The lowest BCUT2D eigenvalue weighted by molar-refractivity contribution is -0.123. The van der Waals surface area contributed by atoms with Gasteiger partial charge < -0.3 is 10.2 Å². The molecule has 0 unspecified atom stereocenters. The Morgan fingerprint density at radius 2 is 2.00 bits per heavy atom. The predicted octanol–water partition coefficient (Wildman–Crippen LogP) is 3.38. The third kappa shape index (κ3) is 3.57. The minimum Gasteiger partial charge on any atom is -0.349 e. The monoisotopic (exact) mass is 290 g/mol. The summed E-state index contributed by atoms with van der Waals surface area (Å²) < 4.78 is 0. The molecule has 0 spiro atoms. The molecule has 3 nitrogen and oxygen atoms in total. The number of Topliss-reactive ketones (excluding diaryl/α,β-unsaturated/α-hetero) is 1. The summed E-state index contributed by atoms with van der Waals surface area (Å²) in [5.41, 5.74) is 2.25. The Hall–Kier alpha value is -1.42. The molecule has 1 N–H and O–H groups in total. The average Bonchev–Trinajstić information content (AvgIpc) is 2.49. The van der Waals surface area contributed by atoms with Crippen LogP contribution in [0.4, 0.5) is 5.69 Å². The number of carbonyl (C=O) groups excluding carboxylic acids is 1. The van der Waals surface area contributed by atoms with Crippen LogP contribution in [0.3, 0.4) is 0 Å². The van der Waals surface area contributed by atoms with Crippen LogP contribution in [0.2, 0.25) is 0 Å². The number of thiocarbonyl (C=S) groups is 1. The van der Waals surface area contributed by atoms with Gasteiger partial charge in [-0.25, -0.2) is 0 Å². The van der Waals surface area contributed by atoms with Crippen molar-refractivity contribution in [1.29, 1.82) is 0 Å². The molecular weight excluding hydrogens is 268 g/mol. The molecule has 1 heterocycles. The van der Waals surface area contributed by atoms with Crippen LogP contribution in [0.5, 0.6) is 0 Å². The lowest BCUT2D eigenvalue weighted by Crippen LogP contribution is -2.42. The summed E-state index contributed by atoms with van der Waals surface area (Å²) in [7, 11) is 0. The van der Waals surface area contributed by atoms with E-state index in [0.29, 0.717) is 12.2 Å². The lowest BCUT2D eigenvalue weighted by Gasteiger charge is -2.33. The number of hydrogen-bond donors (Lipinski definition) is 1. The largest absolute Gasteiger partial charge is 0.349 e. The van der Waals surface area contributed by atoms with Crippen LogP contribution < -0.4 is 5.32 Å². The number of para-hydroxylation sites is 1. The molecule has 1 fully saturated rings. The minimum atomic E-state index is 0.234. The maximum Gasteiger partial charge on any atom is 0.173 e. The molecule has 0 amide bonds. The fourth-order valence-corrected chi connectivity index (χ4v) is 2.89. The highest BCUT2D eigenvalue weighted by Crippen LogP contribution is 2.21. The van der Waals surface area contributed by atoms with Gasteiger partial charge >= 0.3 is 0 Å². The van der Waals surface area contributed by atoms with Crippen LogP contribution >= 0.6 is 12.2 Å². The summed E-state index contributed by atoms with van der Waals surface area (Å²) in [5, 5.41) is 4.08. The molecule has 20 heavy (non-hydrogen) atoms.